The highest BCUT2D eigenvalue weighted by Crippen LogP contribution is 2.29. The van der Waals surface area contributed by atoms with Crippen molar-refractivity contribution in [3.8, 4) is 5.75 Å². The van der Waals surface area contributed by atoms with Gasteiger partial charge in [0.05, 0.1) is 6.54 Å². The molecule has 0 aliphatic carbocycles. The maximum Gasteiger partial charge on any atom is 0.347 e. The van der Waals surface area contributed by atoms with Crippen LogP contribution in [0.1, 0.15) is 49.9 Å². The molecule has 0 saturated heterocycles. The van der Waals surface area contributed by atoms with Crippen molar-refractivity contribution < 1.29 is 24.2 Å². The van der Waals surface area contributed by atoms with Crippen molar-refractivity contribution in [3.63, 3.8) is 0 Å². The van der Waals surface area contributed by atoms with E-state index in [0.717, 1.165) is 33.7 Å². The third kappa shape index (κ3) is 5.66. The van der Waals surface area contributed by atoms with E-state index in [2.05, 4.69) is 6.92 Å². The molecular formula is C25H32N2O5. The second kappa shape index (κ2) is 10.3. The van der Waals surface area contributed by atoms with Gasteiger partial charge in [0.2, 0.25) is 6.41 Å². The first-order valence-corrected chi connectivity index (χ1v) is 10.7. The summed E-state index contributed by atoms with van der Waals surface area (Å²) in [5, 5.41) is 9.34. The van der Waals surface area contributed by atoms with Crippen molar-refractivity contribution in [1.29, 1.82) is 0 Å². The highest BCUT2D eigenvalue weighted by Gasteiger charge is 2.31. The Morgan fingerprint density at radius 1 is 1.03 bits per heavy atom. The third-order valence-corrected chi connectivity index (χ3v) is 5.32. The van der Waals surface area contributed by atoms with Gasteiger partial charge in [0.25, 0.3) is 0 Å². The molecule has 0 aliphatic heterocycles. The van der Waals surface area contributed by atoms with Gasteiger partial charge in [-0.15, -0.1) is 0 Å². The fraction of sp³-hybridized carbons (Fsp3) is 0.400. The van der Waals surface area contributed by atoms with Crippen LogP contribution in [-0.2, 0) is 22.6 Å². The van der Waals surface area contributed by atoms with Gasteiger partial charge in [-0.25, -0.2) is 9.59 Å². The van der Waals surface area contributed by atoms with Gasteiger partial charge >= 0.3 is 12.0 Å². The Labute approximate surface area is 189 Å². The molecule has 2 rings (SSSR count). The van der Waals surface area contributed by atoms with Gasteiger partial charge < -0.3 is 9.84 Å². The summed E-state index contributed by atoms with van der Waals surface area (Å²) in [4.78, 5) is 39.0. The minimum Gasteiger partial charge on any atom is -0.478 e. The van der Waals surface area contributed by atoms with Crippen molar-refractivity contribution >= 4 is 24.1 Å². The SMILES string of the molecule is CCc1ccc(N(CC)C(=O)N(C=O)Cc2cc(C)c(OC(C)(C)C(=O)O)c(C)c2)cc1. The summed E-state index contributed by atoms with van der Waals surface area (Å²) >= 11 is 0. The van der Waals surface area contributed by atoms with Crippen LogP contribution in [-0.4, -0.2) is 40.6 Å². The van der Waals surface area contributed by atoms with E-state index in [1.807, 2.05) is 45.0 Å². The molecule has 7 heteroatoms. The Balaban J connectivity index is 2.26. The average Bonchev–Trinajstić information content (AvgIpc) is 2.75. The summed E-state index contributed by atoms with van der Waals surface area (Å²) in [5.41, 5.74) is 2.73. The summed E-state index contributed by atoms with van der Waals surface area (Å²) in [6.45, 7) is 11.0. The molecule has 2 aromatic carbocycles. The number of hydrogen-bond donors (Lipinski definition) is 1. The zero-order valence-electron chi connectivity index (χ0n) is 19.6. The molecule has 172 valence electrons. The lowest BCUT2D eigenvalue weighted by molar-refractivity contribution is -0.152. The van der Waals surface area contributed by atoms with Gasteiger partial charge in [-0.3, -0.25) is 14.6 Å². The lowest BCUT2D eigenvalue weighted by Gasteiger charge is -2.27. The monoisotopic (exact) mass is 440 g/mol. The molecule has 0 spiro atoms. The Bertz CT molecular complexity index is 959. The summed E-state index contributed by atoms with van der Waals surface area (Å²) < 4.78 is 5.73. The number of nitrogens with zero attached hydrogens (tertiary/aromatic N) is 2. The Kier molecular flexibility index (Phi) is 8.02. The fourth-order valence-electron chi connectivity index (χ4n) is 3.43. The van der Waals surface area contributed by atoms with E-state index >= 15 is 0 Å². The van der Waals surface area contributed by atoms with Gasteiger partial charge in [0, 0.05) is 12.2 Å². The molecule has 0 aromatic heterocycles. The van der Waals surface area contributed by atoms with Crippen molar-refractivity contribution in [3.05, 3.63) is 58.7 Å². The van der Waals surface area contributed by atoms with E-state index in [0.29, 0.717) is 18.7 Å². The van der Waals surface area contributed by atoms with Crippen molar-refractivity contribution in [2.24, 2.45) is 0 Å². The minimum absolute atomic E-state index is 0.0934. The highest BCUT2D eigenvalue weighted by molar-refractivity contribution is 5.97. The second-order valence-electron chi connectivity index (χ2n) is 8.26. The zero-order valence-corrected chi connectivity index (χ0v) is 19.6. The van der Waals surface area contributed by atoms with Crippen molar-refractivity contribution in [2.45, 2.75) is 60.1 Å². The number of aliphatic carboxylic acids is 1. The summed E-state index contributed by atoms with van der Waals surface area (Å²) in [7, 11) is 0. The van der Waals surface area contributed by atoms with Crippen molar-refractivity contribution in [1.82, 2.24) is 4.90 Å². The Morgan fingerprint density at radius 3 is 2.03 bits per heavy atom. The number of hydrogen-bond acceptors (Lipinski definition) is 4. The van der Waals surface area contributed by atoms with E-state index in [9.17, 15) is 19.5 Å². The lowest BCUT2D eigenvalue weighted by atomic mass is 10.0. The van der Waals surface area contributed by atoms with Gasteiger partial charge in [-0.1, -0.05) is 31.2 Å². The average molecular weight is 441 g/mol. The molecule has 0 heterocycles. The molecule has 2 aromatic rings. The summed E-state index contributed by atoms with van der Waals surface area (Å²) in [5.74, 6) is -0.582. The fourth-order valence-corrected chi connectivity index (χ4v) is 3.43. The number of ether oxygens (including phenoxy) is 1. The number of amides is 3. The molecule has 0 fully saturated rings. The molecule has 0 unspecified atom stereocenters. The first-order valence-electron chi connectivity index (χ1n) is 10.7. The quantitative estimate of drug-likeness (QED) is 0.571. The molecule has 0 atom stereocenters. The minimum atomic E-state index is -1.38. The highest BCUT2D eigenvalue weighted by atomic mass is 16.5. The van der Waals surface area contributed by atoms with E-state index in [-0.39, 0.29) is 6.54 Å². The number of aryl methyl sites for hydroxylation is 3. The number of carbonyl (C=O) groups is 3. The number of carboxylic acids is 1. The van der Waals surface area contributed by atoms with Crippen LogP contribution < -0.4 is 9.64 Å². The number of anilines is 1. The molecule has 0 radical (unpaired) electrons. The molecule has 0 saturated carbocycles. The smallest absolute Gasteiger partial charge is 0.347 e. The van der Waals surface area contributed by atoms with Crippen LogP contribution in [0.25, 0.3) is 0 Å². The van der Waals surface area contributed by atoms with Gasteiger partial charge in [0.1, 0.15) is 5.75 Å². The molecule has 0 bridgehead atoms. The predicted octanol–water partition coefficient (Wildman–Crippen LogP) is 4.71. The number of urea groups is 1. The zero-order chi connectivity index (χ0) is 24.1. The van der Waals surface area contributed by atoms with Gasteiger partial charge in [-0.05, 0) is 75.4 Å². The summed E-state index contributed by atoms with van der Waals surface area (Å²) in [6, 6.07) is 10.9. The molecule has 1 N–H and O–H groups in total. The number of imide groups is 1. The molecule has 32 heavy (non-hydrogen) atoms. The second-order valence-corrected chi connectivity index (χ2v) is 8.26. The lowest BCUT2D eigenvalue weighted by Crippen LogP contribution is -2.42. The van der Waals surface area contributed by atoms with Crippen LogP contribution in [0.2, 0.25) is 0 Å². The Morgan fingerprint density at radius 2 is 1.59 bits per heavy atom. The first-order chi connectivity index (χ1) is 15.0. The van der Waals surface area contributed by atoms with Crippen LogP contribution in [0.3, 0.4) is 0 Å². The van der Waals surface area contributed by atoms with Crippen LogP contribution in [0, 0.1) is 13.8 Å². The number of rotatable bonds is 9. The summed E-state index contributed by atoms with van der Waals surface area (Å²) in [6.07, 6.45) is 1.44. The van der Waals surface area contributed by atoms with Crippen LogP contribution in [0.15, 0.2) is 36.4 Å². The normalized spacial score (nSPS) is 11.1. The van der Waals surface area contributed by atoms with Gasteiger partial charge in [-0.2, -0.15) is 0 Å². The maximum atomic E-state index is 13.1. The van der Waals surface area contributed by atoms with Gasteiger partial charge in [0.15, 0.2) is 5.60 Å². The standard InChI is InChI=1S/C25H32N2O5/c1-7-19-9-11-21(12-10-19)27(8-2)24(31)26(16-28)15-20-13-17(3)22(18(4)14-20)32-25(5,6)23(29)30/h9-14,16H,7-8,15H2,1-6H3,(H,29,30). The first kappa shape index (κ1) is 24.9. The molecular weight excluding hydrogens is 408 g/mol. The van der Waals surface area contributed by atoms with E-state index in [1.165, 1.54) is 19.4 Å². The van der Waals surface area contributed by atoms with Crippen molar-refractivity contribution in [2.75, 3.05) is 11.4 Å². The Hall–Kier alpha value is -3.35. The third-order valence-electron chi connectivity index (χ3n) is 5.32. The predicted molar refractivity (Wildman–Crippen MR) is 124 cm³/mol. The number of benzene rings is 2. The van der Waals surface area contributed by atoms with Crippen LogP contribution in [0.5, 0.6) is 5.75 Å². The van der Waals surface area contributed by atoms with E-state index < -0.39 is 17.6 Å². The van der Waals surface area contributed by atoms with E-state index in [1.54, 1.807) is 17.0 Å². The molecule has 3 amide bonds. The van der Waals surface area contributed by atoms with Crippen LogP contribution >= 0.6 is 0 Å². The maximum absolute atomic E-state index is 13.1. The van der Waals surface area contributed by atoms with E-state index in [4.69, 9.17) is 4.74 Å². The number of carbonyl (C=O) groups excluding carboxylic acids is 2. The number of carboxylic acid groups (broad SMARTS) is 1. The largest absolute Gasteiger partial charge is 0.478 e. The van der Waals surface area contributed by atoms with Crippen LogP contribution in [0.4, 0.5) is 10.5 Å². The molecule has 7 nitrogen and oxygen atoms in total. The molecule has 0 aliphatic rings. The topological polar surface area (TPSA) is 87.2 Å².